The number of hydrogen-bond acceptors (Lipinski definition) is 5. The Balaban J connectivity index is 1.71. The number of rotatable bonds is 8. The number of H-pyrrole nitrogens is 1. The number of methoxy groups -OCH3 is 1. The summed E-state index contributed by atoms with van der Waals surface area (Å²) in [6.45, 7) is 10.7. The zero-order valence-corrected chi connectivity index (χ0v) is 17.7. The standard InChI is InChI=1S/C23H29N5O/c1-5-28(6-2)11-7-10-24-23-21-15(3)22-19(12-16(21)14-25-27-23)18-13-17(29-4)8-9-20(18)26-22/h8-9,12-14,24,27H,5-7,10-11H2,1-4H3. The molecule has 0 fully saturated rings. The van der Waals surface area contributed by atoms with Crippen molar-refractivity contribution in [2.24, 2.45) is 0 Å². The number of nitrogens with one attached hydrogen (secondary N) is 2. The second-order valence-electron chi connectivity index (χ2n) is 7.41. The minimum atomic E-state index is 0.847. The largest absolute Gasteiger partial charge is 0.497 e. The summed E-state index contributed by atoms with van der Waals surface area (Å²) in [5.74, 6) is 1.81. The fourth-order valence-corrected chi connectivity index (χ4v) is 4.10. The highest BCUT2D eigenvalue weighted by Crippen LogP contribution is 2.36. The van der Waals surface area contributed by atoms with Gasteiger partial charge in [0.2, 0.25) is 0 Å². The van der Waals surface area contributed by atoms with Crippen molar-refractivity contribution in [2.75, 3.05) is 38.6 Å². The maximum Gasteiger partial charge on any atom is 0.128 e. The Labute approximate surface area is 171 Å². The molecule has 0 aliphatic carbocycles. The van der Waals surface area contributed by atoms with Crippen LogP contribution in [0.4, 0.5) is 5.82 Å². The van der Waals surface area contributed by atoms with Gasteiger partial charge < -0.3 is 15.0 Å². The van der Waals surface area contributed by atoms with E-state index < -0.39 is 0 Å². The van der Waals surface area contributed by atoms with Gasteiger partial charge in [-0.1, -0.05) is 13.8 Å². The van der Waals surface area contributed by atoms with Crippen LogP contribution in [0.3, 0.4) is 0 Å². The molecule has 2 heterocycles. The summed E-state index contributed by atoms with van der Waals surface area (Å²) in [5.41, 5.74) is 3.19. The summed E-state index contributed by atoms with van der Waals surface area (Å²) in [7, 11) is 1.69. The molecule has 6 nitrogen and oxygen atoms in total. The maximum atomic E-state index is 5.41. The average Bonchev–Trinajstić information content (AvgIpc) is 3.12. The molecule has 29 heavy (non-hydrogen) atoms. The van der Waals surface area contributed by atoms with Crippen LogP contribution in [0.15, 0.2) is 30.5 Å². The van der Waals surface area contributed by atoms with E-state index in [0.29, 0.717) is 0 Å². The van der Waals surface area contributed by atoms with Crippen molar-refractivity contribution in [3.05, 3.63) is 36.0 Å². The van der Waals surface area contributed by atoms with Crippen LogP contribution >= 0.6 is 0 Å². The van der Waals surface area contributed by atoms with Gasteiger partial charge in [0.15, 0.2) is 0 Å². The normalized spacial score (nSPS) is 11.8. The molecule has 0 radical (unpaired) electrons. The van der Waals surface area contributed by atoms with Crippen molar-refractivity contribution < 1.29 is 4.74 Å². The molecule has 0 aliphatic rings. The highest BCUT2D eigenvalue weighted by Gasteiger charge is 2.14. The van der Waals surface area contributed by atoms with E-state index in [1.165, 1.54) is 0 Å². The molecule has 0 amide bonds. The van der Waals surface area contributed by atoms with Gasteiger partial charge in [0, 0.05) is 28.1 Å². The minimum Gasteiger partial charge on any atom is -0.497 e. The predicted octanol–water partition coefficient (Wildman–Crippen LogP) is 4.73. The first-order valence-corrected chi connectivity index (χ1v) is 10.4. The molecule has 0 atom stereocenters. The Morgan fingerprint density at radius 2 is 1.97 bits per heavy atom. The second kappa shape index (κ2) is 8.25. The number of nitrogens with zero attached hydrogens (tertiary/aromatic N) is 3. The Morgan fingerprint density at radius 1 is 1.14 bits per heavy atom. The minimum absolute atomic E-state index is 0.847. The molecule has 2 aromatic heterocycles. The maximum absolute atomic E-state index is 5.41. The molecular weight excluding hydrogens is 362 g/mol. The molecule has 0 aliphatic heterocycles. The van der Waals surface area contributed by atoms with Crippen molar-refractivity contribution >= 4 is 38.4 Å². The molecule has 0 unspecified atom stereocenters. The quantitative estimate of drug-likeness (QED) is 0.425. The molecule has 0 saturated heterocycles. The third-order valence-corrected chi connectivity index (χ3v) is 5.78. The molecule has 2 aromatic carbocycles. The summed E-state index contributed by atoms with van der Waals surface area (Å²) in [6.07, 6.45) is 2.98. The van der Waals surface area contributed by atoms with Crippen molar-refractivity contribution in [1.82, 2.24) is 20.1 Å². The summed E-state index contributed by atoms with van der Waals surface area (Å²) >= 11 is 0. The Bertz CT molecular complexity index is 1150. The molecule has 0 spiro atoms. The number of fused-ring (bicyclic) bond motifs is 4. The van der Waals surface area contributed by atoms with Crippen LogP contribution in [-0.2, 0) is 0 Å². The highest BCUT2D eigenvalue weighted by atomic mass is 16.5. The van der Waals surface area contributed by atoms with Gasteiger partial charge in [-0.15, -0.1) is 0 Å². The molecule has 6 heteroatoms. The SMILES string of the molecule is CCN(CC)CCCNc1[nH]ncc2cc3c(nc4ccc(OC)cc43)c(C)c12. The number of anilines is 1. The van der Waals surface area contributed by atoms with E-state index >= 15 is 0 Å². The monoisotopic (exact) mass is 391 g/mol. The van der Waals surface area contributed by atoms with Gasteiger partial charge in [0.1, 0.15) is 11.6 Å². The van der Waals surface area contributed by atoms with E-state index in [0.717, 1.165) is 82.3 Å². The van der Waals surface area contributed by atoms with Gasteiger partial charge in [-0.2, -0.15) is 5.10 Å². The number of aromatic amines is 1. The summed E-state index contributed by atoms with van der Waals surface area (Å²) in [6, 6.07) is 8.23. The predicted molar refractivity (Wildman–Crippen MR) is 121 cm³/mol. The van der Waals surface area contributed by atoms with Crippen molar-refractivity contribution in [3.63, 3.8) is 0 Å². The molecule has 0 bridgehead atoms. The first kappa shape index (κ1) is 19.5. The molecular formula is C23H29N5O. The van der Waals surface area contributed by atoms with Gasteiger partial charge in [-0.25, -0.2) is 4.98 Å². The van der Waals surface area contributed by atoms with E-state index in [4.69, 9.17) is 9.72 Å². The lowest BCUT2D eigenvalue weighted by atomic mass is 10.0. The van der Waals surface area contributed by atoms with Crippen LogP contribution in [0, 0.1) is 6.92 Å². The van der Waals surface area contributed by atoms with Crippen molar-refractivity contribution in [2.45, 2.75) is 27.2 Å². The van der Waals surface area contributed by atoms with Crippen LogP contribution in [0.1, 0.15) is 25.8 Å². The molecule has 2 N–H and O–H groups in total. The van der Waals surface area contributed by atoms with E-state index in [-0.39, 0.29) is 0 Å². The zero-order chi connectivity index (χ0) is 20.4. The van der Waals surface area contributed by atoms with Crippen LogP contribution < -0.4 is 10.1 Å². The lowest BCUT2D eigenvalue weighted by molar-refractivity contribution is 0.303. The molecule has 0 saturated carbocycles. The zero-order valence-electron chi connectivity index (χ0n) is 17.7. The fraction of sp³-hybridized carbons (Fsp3) is 0.391. The van der Waals surface area contributed by atoms with Crippen LogP contribution in [-0.4, -0.2) is 53.4 Å². The lowest BCUT2D eigenvalue weighted by Crippen LogP contribution is -2.25. The van der Waals surface area contributed by atoms with Crippen LogP contribution in [0.25, 0.3) is 32.6 Å². The Morgan fingerprint density at radius 3 is 2.72 bits per heavy atom. The number of hydrogen-bond donors (Lipinski definition) is 2. The smallest absolute Gasteiger partial charge is 0.128 e. The molecule has 152 valence electrons. The lowest BCUT2D eigenvalue weighted by Gasteiger charge is -2.18. The van der Waals surface area contributed by atoms with Crippen LogP contribution in [0.5, 0.6) is 5.75 Å². The van der Waals surface area contributed by atoms with E-state index in [9.17, 15) is 0 Å². The van der Waals surface area contributed by atoms with Gasteiger partial charge >= 0.3 is 0 Å². The first-order valence-electron chi connectivity index (χ1n) is 10.4. The number of ether oxygens (including phenoxy) is 1. The first-order chi connectivity index (χ1) is 14.2. The highest BCUT2D eigenvalue weighted by molar-refractivity contribution is 6.15. The Hall–Kier alpha value is -2.86. The van der Waals surface area contributed by atoms with E-state index in [1.54, 1.807) is 7.11 Å². The summed E-state index contributed by atoms with van der Waals surface area (Å²) in [4.78, 5) is 7.34. The van der Waals surface area contributed by atoms with Crippen LogP contribution in [0.2, 0.25) is 0 Å². The number of aryl methyl sites for hydroxylation is 1. The van der Waals surface area contributed by atoms with Gasteiger partial charge in [0.05, 0.1) is 24.3 Å². The summed E-state index contributed by atoms with van der Waals surface area (Å²) in [5, 5.41) is 15.6. The third kappa shape index (κ3) is 3.60. The fourth-order valence-electron chi connectivity index (χ4n) is 4.10. The Kier molecular flexibility index (Phi) is 5.53. The van der Waals surface area contributed by atoms with E-state index in [2.05, 4.69) is 53.3 Å². The van der Waals surface area contributed by atoms with E-state index in [1.807, 2.05) is 18.3 Å². The van der Waals surface area contributed by atoms with Crippen molar-refractivity contribution in [1.29, 1.82) is 0 Å². The topological polar surface area (TPSA) is 66.1 Å². The average molecular weight is 392 g/mol. The number of benzene rings is 2. The number of aromatic nitrogens is 3. The second-order valence-corrected chi connectivity index (χ2v) is 7.41. The summed E-state index contributed by atoms with van der Waals surface area (Å²) < 4.78 is 5.41. The molecule has 4 aromatic rings. The van der Waals surface area contributed by atoms with Gasteiger partial charge in [-0.3, -0.25) is 5.10 Å². The van der Waals surface area contributed by atoms with Gasteiger partial charge in [0.25, 0.3) is 0 Å². The van der Waals surface area contributed by atoms with Crippen molar-refractivity contribution in [3.8, 4) is 5.75 Å². The molecule has 4 rings (SSSR count). The van der Waals surface area contributed by atoms with Gasteiger partial charge in [-0.05, 0) is 62.8 Å². The third-order valence-electron chi connectivity index (χ3n) is 5.78.